The van der Waals surface area contributed by atoms with Gasteiger partial charge in [-0.1, -0.05) is 0 Å². The second-order valence-electron chi connectivity index (χ2n) is 7.20. The van der Waals surface area contributed by atoms with Crippen molar-refractivity contribution >= 4 is 54.6 Å². The second kappa shape index (κ2) is 7.25. The normalized spacial score (nSPS) is 13.0. The standard InChI is InChI=1S/2C12H8NS.Zn/c2*1-3-7-11-9(5-1)13-10-6-2-4-8-12(10)14-11;/h2*1-5,7-8,13H;. The molecule has 2 heterocycles. The van der Waals surface area contributed by atoms with Gasteiger partial charge in [0.2, 0.25) is 0 Å². The summed E-state index contributed by atoms with van der Waals surface area (Å²) >= 11 is 2.55. The van der Waals surface area contributed by atoms with Crippen LogP contribution >= 0.6 is 23.5 Å². The Balaban J connectivity index is 1.38. The molecule has 5 heteroatoms. The van der Waals surface area contributed by atoms with Gasteiger partial charge >= 0.3 is 187 Å². The fraction of sp³-hybridized carbons (Fsp3) is 0. The van der Waals surface area contributed by atoms with E-state index in [1.807, 2.05) is 23.5 Å². The average molecular weight is 462 g/mol. The van der Waals surface area contributed by atoms with Gasteiger partial charge in [-0.25, -0.2) is 0 Å². The molecule has 0 atom stereocenters. The third kappa shape index (κ3) is 3.18. The van der Waals surface area contributed by atoms with Gasteiger partial charge in [0, 0.05) is 0 Å². The first-order valence-electron chi connectivity index (χ1n) is 9.67. The first-order valence-corrected chi connectivity index (χ1v) is 14.3. The maximum atomic E-state index is 3.73. The number of hydrogen-bond acceptors (Lipinski definition) is 4. The van der Waals surface area contributed by atoms with Gasteiger partial charge in [-0.2, -0.15) is 0 Å². The number of benzene rings is 4. The van der Waals surface area contributed by atoms with E-state index in [0.29, 0.717) is 0 Å². The van der Waals surface area contributed by atoms with Crippen LogP contribution in [0.2, 0.25) is 0 Å². The van der Waals surface area contributed by atoms with Crippen molar-refractivity contribution in [2.45, 2.75) is 19.6 Å². The van der Waals surface area contributed by atoms with Gasteiger partial charge in [0.25, 0.3) is 0 Å². The van der Waals surface area contributed by atoms with E-state index in [0.717, 1.165) is 0 Å². The molecule has 0 bridgehead atoms. The first kappa shape index (κ1) is 17.6. The molecule has 0 spiro atoms. The molecule has 2 aliphatic rings. The molecule has 0 fully saturated rings. The van der Waals surface area contributed by atoms with Crippen molar-refractivity contribution in [3.63, 3.8) is 0 Å². The van der Waals surface area contributed by atoms with Crippen molar-refractivity contribution in [3.05, 3.63) is 84.9 Å². The van der Waals surface area contributed by atoms with Gasteiger partial charge in [-0.15, -0.1) is 0 Å². The fourth-order valence-corrected chi connectivity index (χ4v) is 10.4. The molecule has 6 rings (SSSR count). The first-order chi connectivity index (χ1) is 14.3. The SMILES string of the molecule is c1ccc2c(c1)Nc1c(ccc[c]1[Zn][c]1cccc3c1Nc1ccccc1S3)S2. The van der Waals surface area contributed by atoms with Gasteiger partial charge in [-0.3, -0.25) is 0 Å². The summed E-state index contributed by atoms with van der Waals surface area (Å²) in [6, 6.07) is 30.7. The predicted octanol–water partition coefficient (Wildman–Crippen LogP) is 6.14. The number of anilines is 4. The molecule has 29 heavy (non-hydrogen) atoms. The molecule has 136 valence electrons. The Kier molecular flexibility index (Phi) is 4.41. The van der Waals surface area contributed by atoms with E-state index in [1.54, 1.807) is 0 Å². The Labute approximate surface area is 186 Å². The van der Waals surface area contributed by atoms with E-state index in [2.05, 4.69) is 95.6 Å². The van der Waals surface area contributed by atoms with Crippen molar-refractivity contribution in [3.8, 4) is 0 Å². The monoisotopic (exact) mass is 460 g/mol. The molecule has 0 aromatic heterocycles. The molecule has 4 aromatic rings. The molecule has 0 aliphatic carbocycles. The molecule has 4 aromatic carbocycles. The summed E-state index contributed by atoms with van der Waals surface area (Å²) in [6.45, 7) is 0. The molecule has 2 aliphatic heterocycles. The molecular formula is C24H16N2S2Zn. The Hall–Kier alpha value is -2.20. The van der Waals surface area contributed by atoms with Crippen LogP contribution in [0.4, 0.5) is 22.7 Å². The van der Waals surface area contributed by atoms with Gasteiger partial charge < -0.3 is 0 Å². The summed E-state index contributed by atoms with van der Waals surface area (Å²) in [7, 11) is 0. The number of nitrogens with one attached hydrogen (secondary N) is 2. The van der Waals surface area contributed by atoms with E-state index in [9.17, 15) is 0 Å². The fourth-order valence-electron chi connectivity index (χ4n) is 3.93. The zero-order chi connectivity index (χ0) is 19.2. The summed E-state index contributed by atoms with van der Waals surface area (Å²) in [4.78, 5) is 5.28. The molecule has 2 N–H and O–H groups in total. The molecule has 0 amide bonds. The van der Waals surface area contributed by atoms with Crippen LogP contribution in [-0.2, 0) is 17.1 Å². The number of para-hydroxylation sites is 4. The zero-order valence-electron chi connectivity index (χ0n) is 15.6. The Bertz CT molecular complexity index is 1160. The van der Waals surface area contributed by atoms with Crippen LogP contribution in [0.5, 0.6) is 0 Å². The van der Waals surface area contributed by atoms with Crippen molar-refractivity contribution in [1.29, 1.82) is 0 Å². The van der Waals surface area contributed by atoms with Crippen LogP contribution in [0.15, 0.2) is 105 Å². The molecule has 0 saturated heterocycles. The summed E-state index contributed by atoms with van der Waals surface area (Å²) < 4.78 is 3.02. The van der Waals surface area contributed by atoms with Crippen LogP contribution in [-0.4, -0.2) is 0 Å². The topological polar surface area (TPSA) is 24.1 Å². The second-order valence-corrected chi connectivity index (χ2v) is 13.3. The van der Waals surface area contributed by atoms with Gasteiger partial charge in [0.05, 0.1) is 0 Å². The van der Waals surface area contributed by atoms with Crippen molar-refractivity contribution in [2.24, 2.45) is 0 Å². The Morgan fingerprint density at radius 3 is 1.45 bits per heavy atom. The minimum atomic E-state index is -1.20. The minimum absolute atomic E-state index is 1.20. The third-order valence-corrected chi connectivity index (χ3v) is 11.7. The van der Waals surface area contributed by atoms with Crippen LogP contribution in [0, 0.1) is 0 Å². The maximum absolute atomic E-state index is 3.73. The summed E-state index contributed by atoms with van der Waals surface area (Å²) in [6.07, 6.45) is 0. The van der Waals surface area contributed by atoms with Crippen LogP contribution in [0.25, 0.3) is 0 Å². The molecule has 0 saturated carbocycles. The van der Waals surface area contributed by atoms with Gasteiger partial charge in [0.1, 0.15) is 0 Å². The van der Waals surface area contributed by atoms with Crippen molar-refractivity contribution < 1.29 is 17.1 Å². The summed E-state index contributed by atoms with van der Waals surface area (Å²) in [5.74, 6) is 0. The number of fused-ring (bicyclic) bond motifs is 4. The van der Waals surface area contributed by atoms with E-state index in [4.69, 9.17) is 0 Å². The van der Waals surface area contributed by atoms with Crippen molar-refractivity contribution in [1.82, 2.24) is 0 Å². The van der Waals surface area contributed by atoms with Gasteiger partial charge in [-0.05, 0) is 0 Å². The quantitative estimate of drug-likeness (QED) is 0.303. The molecule has 2 nitrogen and oxygen atoms in total. The van der Waals surface area contributed by atoms with E-state index >= 15 is 0 Å². The zero-order valence-corrected chi connectivity index (χ0v) is 20.2. The summed E-state index contributed by atoms with van der Waals surface area (Å²) in [5.41, 5.74) is 5.07. The van der Waals surface area contributed by atoms with Crippen LogP contribution in [0.3, 0.4) is 0 Å². The predicted molar refractivity (Wildman–Crippen MR) is 120 cm³/mol. The van der Waals surface area contributed by atoms with E-state index in [-0.39, 0.29) is 0 Å². The number of hydrogen-bond donors (Lipinski definition) is 2. The van der Waals surface area contributed by atoms with Gasteiger partial charge in [0.15, 0.2) is 0 Å². The van der Waals surface area contributed by atoms with Crippen LogP contribution < -0.4 is 18.9 Å². The summed E-state index contributed by atoms with van der Waals surface area (Å²) in [5, 5.41) is 7.45. The van der Waals surface area contributed by atoms with Crippen molar-refractivity contribution in [2.75, 3.05) is 10.6 Å². The van der Waals surface area contributed by atoms with E-state index in [1.165, 1.54) is 50.6 Å². The number of rotatable bonds is 2. The van der Waals surface area contributed by atoms with Crippen LogP contribution in [0.1, 0.15) is 0 Å². The molecular weight excluding hydrogens is 446 g/mol. The molecule has 0 radical (unpaired) electrons. The Morgan fingerprint density at radius 2 is 0.931 bits per heavy atom. The average Bonchev–Trinajstić information content (AvgIpc) is 2.77. The Morgan fingerprint density at radius 1 is 0.483 bits per heavy atom. The molecule has 0 unspecified atom stereocenters. The third-order valence-electron chi connectivity index (χ3n) is 5.34. The van der Waals surface area contributed by atoms with E-state index < -0.39 is 17.1 Å².